The third kappa shape index (κ3) is 3.99. The molecule has 200 valence electrons. The highest BCUT2D eigenvalue weighted by Gasteiger charge is 2.63. The van der Waals surface area contributed by atoms with Gasteiger partial charge in [-0.05, 0) is 29.7 Å². The largest absolute Gasteiger partial charge is 0.359 e. The Labute approximate surface area is 244 Å². The van der Waals surface area contributed by atoms with E-state index < -0.39 is 29.8 Å². The van der Waals surface area contributed by atoms with E-state index in [1.54, 1.807) is 77.8 Å². The molecule has 6 nitrogen and oxygen atoms in total. The second kappa shape index (κ2) is 9.78. The summed E-state index contributed by atoms with van der Waals surface area (Å²) >= 11 is 3.41. The predicted octanol–water partition coefficient (Wildman–Crippen LogP) is 5.98. The molecule has 7 heteroatoms. The maximum absolute atomic E-state index is 14.2. The van der Waals surface area contributed by atoms with E-state index in [4.69, 9.17) is 0 Å². The van der Waals surface area contributed by atoms with Crippen LogP contribution in [0.25, 0.3) is 10.8 Å². The summed E-state index contributed by atoms with van der Waals surface area (Å²) in [5.74, 6) is -2.92. The Bertz CT molecular complexity index is 1810. The van der Waals surface area contributed by atoms with Crippen LogP contribution >= 0.6 is 15.9 Å². The van der Waals surface area contributed by atoms with Crippen LogP contribution in [0.15, 0.2) is 125 Å². The molecule has 0 spiro atoms. The van der Waals surface area contributed by atoms with Gasteiger partial charge >= 0.3 is 0 Å². The number of benzene rings is 4. The molecule has 3 heterocycles. The molecule has 0 unspecified atom stereocenters. The first-order valence-electron chi connectivity index (χ1n) is 13.4. The molecule has 3 aliphatic heterocycles. The average Bonchev–Trinajstić information content (AvgIpc) is 3.48. The third-order valence-corrected chi connectivity index (χ3v) is 8.78. The molecule has 7 rings (SSSR count). The molecule has 0 aromatic heterocycles. The molecule has 4 aromatic rings. The van der Waals surface area contributed by atoms with Crippen LogP contribution in [0, 0.1) is 11.8 Å². The number of hydrogen-bond acceptors (Lipinski definition) is 5. The van der Waals surface area contributed by atoms with Gasteiger partial charge in [0.1, 0.15) is 6.04 Å². The van der Waals surface area contributed by atoms with Crippen LogP contribution in [0.2, 0.25) is 0 Å². The minimum absolute atomic E-state index is 0.177. The van der Waals surface area contributed by atoms with Gasteiger partial charge in [-0.2, -0.15) is 0 Å². The van der Waals surface area contributed by atoms with Gasteiger partial charge in [0, 0.05) is 32.8 Å². The molecule has 0 saturated carbocycles. The molecule has 4 aromatic carbocycles. The smallest absolute Gasteiger partial charge is 0.240 e. The maximum Gasteiger partial charge on any atom is 0.240 e. The summed E-state index contributed by atoms with van der Waals surface area (Å²) in [5, 5.41) is 1.69. The number of anilines is 1. The second-order valence-electron chi connectivity index (χ2n) is 10.4. The summed E-state index contributed by atoms with van der Waals surface area (Å²) in [6.07, 6.45) is 5.12. The van der Waals surface area contributed by atoms with E-state index in [0.717, 1.165) is 15.2 Å². The fourth-order valence-electron chi connectivity index (χ4n) is 6.38. The van der Waals surface area contributed by atoms with Gasteiger partial charge in [-0.15, -0.1) is 0 Å². The fraction of sp³-hybridized carbons (Fsp3) is 0.118. The summed E-state index contributed by atoms with van der Waals surface area (Å²) in [4.78, 5) is 58.9. The first kappa shape index (κ1) is 25.4. The lowest BCUT2D eigenvalue weighted by Gasteiger charge is -2.33. The molecule has 2 amide bonds. The topological polar surface area (TPSA) is 74.8 Å². The Balaban J connectivity index is 1.34. The number of fused-ring (bicyclic) bond motifs is 4. The van der Waals surface area contributed by atoms with Gasteiger partial charge in [0.25, 0.3) is 0 Å². The molecule has 41 heavy (non-hydrogen) atoms. The van der Waals surface area contributed by atoms with Gasteiger partial charge in [-0.25, -0.2) is 4.90 Å². The predicted molar refractivity (Wildman–Crippen MR) is 159 cm³/mol. The SMILES string of the molecule is O=C(C1=C[C@@H]2[C@@H]3C(=O)N(c4cccc5ccccc45)C(=O)[C@H]3[C@H](C(=O)c3ccc(Br)cc3)N2C=C1)c1ccccc1. The Morgan fingerprint density at radius 3 is 2.17 bits per heavy atom. The average molecular weight is 603 g/mol. The van der Waals surface area contributed by atoms with E-state index in [1.807, 2.05) is 42.5 Å². The van der Waals surface area contributed by atoms with Gasteiger partial charge in [-0.3, -0.25) is 19.2 Å². The molecule has 4 atom stereocenters. The number of Topliss-reactive ketones (excluding diaryl/α,β-unsaturated/α-hetero) is 2. The minimum Gasteiger partial charge on any atom is -0.359 e. The van der Waals surface area contributed by atoms with Crippen molar-refractivity contribution < 1.29 is 19.2 Å². The Morgan fingerprint density at radius 1 is 0.707 bits per heavy atom. The van der Waals surface area contributed by atoms with Crippen molar-refractivity contribution in [2.24, 2.45) is 11.8 Å². The number of rotatable bonds is 5. The lowest BCUT2D eigenvalue weighted by molar-refractivity contribution is -0.123. The number of allylic oxidation sites excluding steroid dienone is 2. The van der Waals surface area contributed by atoms with Crippen LogP contribution in [0.1, 0.15) is 20.7 Å². The van der Waals surface area contributed by atoms with Crippen molar-refractivity contribution in [2.45, 2.75) is 12.1 Å². The summed E-state index contributed by atoms with van der Waals surface area (Å²) < 4.78 is 0.829. The van der Waals surface area contributed by atoms with Gasteiger partial charge in [0.2, 0.25) is 11.8 Å². The number of nitrogens with zero attached hydrogens (tertiary/aromatic N) is 2. The molecular weight excluding hydrogens is 580 g/mol. The summed E-state index contributed by atoms with van der Waals surface area (Å²) in [7, 11) is 0. The van der Waals surface area contributed by atoms with Crippen LogP contribution in [0.4, 0.5) is 5.69 Å². The first-order valence-corrected chi connectivity index (χ1v) is 14.2. The van der Waals surface area contributed by atoms with Gasteiger partial charge < -0.3 is 4.90 Å². The summed E-state index contributed by atoms with van der Waals surface area (Å²) in [6, 6.07) is 27.5. The van der Waals surface area contributed by atoms with Gasteiger partial charge in [0.05, 0.1) is 23.6 Å². The van der Waals surface area contributed by atoms with Crippen molar-refractivity contribution in [1.29, 1.82) is 0 Å². The van der Waals surface area contributed by atoms with E-state index in [9.17, 15) is 19.2 Å². The van der Waals surface area contributed by atoms with Crippen molar-refractivity contribution in [3.63, 3.8) is 0 Å². The molecule has 0 N–H and O–H groups in total. The van der Waals surface area contributed by atoms with Gasteiger partial charge in [0.15, 0.2) is 11.6 Å². The highest BCUT2D eigenvalue weighted by molar-refractivity contribution is 9.10. The number of carbonyl (C=O) groups is 4. The first-order chi connectivity index (χ1) is 19.9. The standard InChI is InChI=1S/C34H23BrN2O4/c35-24-15-13-22(14-16-24)32(39)30-29-28(27-19-23(17-18-36(27)30)31(38)21-8-2-1-3-9-21)33(40)37(34(29)41)26-12-6-10-20-7-4-5-11-25(20)26/h1-19,27-30H/t27-,28+,29-,30-/m1/s1. The zero-order valence-electron chi connectivity index (χ0n) is 21.7. The van der Waals surface area contributed by atoms with E-state index in [1.165, 1.54) is 4.90 Å². The summed E-state index contributed by atoms with van der Waals surface area (Å²) in [5.41, 5.74) is 1.91. The van der Waals surface area contributed by atoms with Crippen molar-refractivity contribution in [2.75, 3.05) is 4.90 Å². The van der Waals surface area contributed by atoms with Crippen LogP contribution in [0.3, 0.4) is 0 Å². The molecule has 2 saturated heterocycles. The van der Waals surface area contributed by atoms with Crippen molar-refractivity contribution in [1.82, 2.24) is 4.90 Å². The lowest BCUT2D eigenvalue weighted by Crippen LogP contribution is -2.46. The quantitative estimate of drug-likeness (QED) is 0.207. The highest BCUT2D eigenvalue weighted by Crippen LogP contribution is 2.48. The number of amides is 2. The molecular formula is C34H23BrN2O4. The molecule has 0 aliphatic carbocycles. The van der Waals surface area contributed by atoms with Gasteiger partial charge in [-0.1, -0.05) is 101 Å². The molecule has 0 bridgehead atoms. The maximum atomic E-state index is 14.2. The van der Waals surface area contributed by atoms with E-state index in [-0.39, 0.29) is 17.5 Å². The minimum atomic E-state index is -0.908. The summed E-state index contributed by atoms with van der Waals surface area (Å²) in [6.45, 7) is 0. The van der Waals surface area contributed by atoms with Crippen molar-refractivity contribution >= 4 is 55.8 Å². The fourth-order valence-corrected chi connectivity index (χ4v) is 6.64. The monoisotopic (exact) mass is 602 g/mol. The number of hydrogen-bond donors (Lipinski definition) is 0. The van der Waals surface area contributed by atoms with Crippen LogP contribution < -0.4 is 4.90 Å². The Kier molecular flexibility index (Phi) is 6.05. The highest BCUT2D eigenvalue weighted by atomic mass is 79.9. The van der Waals surface area contributed by atoms with E-state index in [2.05, 4.69) is 15.9 Å². The van der Waals surface area contributed by atoms with E-state index in [0.29, 0.717) is 22.4 Å². The molecule has 2 fully saturated rings. The molecule has 0 radical (unpaired) electrons. The van der Waals surface area contributed by atoms with Crippen LogP contribution in [-0.4, -0.2) is 40.4 Å². The number of carbonyl (C=O) groups excluding carboxylic acids is 4. The van der Waals surface area contributed by atoms with Crippen LogP contribution in [-0.2, 0) is 9.59 Å². The zero-order chi connectivity index (χ0) is 28.2. The van der Waals surface area contributed by atoms with Crippen molar-refractivity contribution in [3.05, 3.63) is 137 Å². The Morgan fingerprint density at radius 2 is 1.39 bits per heavy atom. The third-order valence-electron chi connectivity index (χ3n) is 8.25. The number of halogens is 1. The number of ketones is 2. The molecule has 3 aliphatic rings. The van der Waals surface area contributed by atoms with E-state index >= 15 is 0 Å². The normalized spacial score (nSPS) is 23.0. The lowest BCUT2D eigenvalue weighted by atomic mass is 9.85. The number of imide groups is 1. The Hall–Kier alpha value is -4.62. The zero-order valence-corrected chi connectivity index (χ0v) is 23.3. The van der Waals surface area contributed by atoms with Crippen LogP contribution in [0.5, 0.6) is 0 Å². The second-order valence-corrected chi connectivity index (χ2v) is 11.4. The van der Waals surface area contributed by atoms with Crippen molar-refractivity contribution in [3.8, 4) is 0 Å².